The van der Waals surface area contributed by atoms with E-state index < -0.39 is 0 Å². The summed E-state index contributed by atoms with van der Waals surface area (Å²) < 4.78 is 4.94. The molecule has 5 nitrogen and oxygen atoms in total. The highest BCUT2D eigenvalue weighted by Gasteiger charge is 1.98. The van der Waals surface area contributed by atoms with Crippen molar-refractivity contribution < 1.29 is 4.52 Å². The Kier molecular flexibility index (Phi) is 3.26. The minimum absolute atomic E-state index is 0.430. The largest absolute Gasteiger partial charge is 0.360 e. The third-order valence-electron chi connectivity index (χ3n) is 2.06. The van der Waals surface area contributed by atoms with E-state index in [4.69, 9.17) is 9.78 Å². The number of pyridine rings is 1. The highest BCUT2D eigenvalue weighted by atomic mass is 16.5. The lowest BCUT2D eigenvalue weighted by Gasteiger charge is -2.02. The van der Waals surface area contributed by atoms with Gasteiger partial charge in [-0.2, -0.15) is 5.26 Å². The maximum absolute atomic E-state index is 8.68. The molecule has 0 atom stereocenters. The van der Waals surface area contributed by atoms with Crippen LogP contribution in [0.15, 0.2) is 35.1 Å². The van der Waals surface area contributed by atoms with Crippen molar-refractivity contribution in [2.24, 2.45) is 0 Å². The van der Waals surface area contributed by atoms with E-state index in [1.54, 1.807) is 24.5 Å². The van der Waals surface area contributed by atoms with Gasteiger partial charge in [-0.05, 0) is 17.7 Å². The van der Waals surface area contributed by atoms with Crippen LogP contribution in [0.3, 0.4) is 0 Å². The minimum Gasteiger partial charge on any atom is -0.360 e. The highest BCUT2D eigenvalue weighted by molar-refractivity contribution is 5.25. The van der Waals surface area contributed by atoms with Gasteiger partial charge in [0.2, 0.25) is 0 Å². The van der Waals surface area contributed by atoms with Gasteiger partial charge in [-0.15, -0.1) is 0 Å². The lowest BCUT2D eigenvalue weighted by Crippen LogP contribution is -2.12. The molecule has 0 amide bonds. The first-order valence-electron chi connectivity index (χ1n) is 4.84. The fourth-order valence-electron chi connectivity index (χ4n) is 1.31. The smallest absolute Gasteiger partial charge is 0.150 e. The lowest BCUT2D eigenvalue weighted by atomic mass is 10.2. The van der Waals surface area contributed by atoms with Crippen LogP contribution < -0.4 is 5.32 Å². The zero-order valence-electron chi connectivity index (χ0n) is 8.55. The minimum atomic E-state index is 0.430. The van der Waals surface area contributed by atoms with E-state index in [0.717, 1.165) is 11.3 Å². The number of nitriles is 1. The van der Waals surface area contributed by atoms with Gasteiger partial charge in [-0.25, -0.2) is 4.98 Å². The summed E-state index contributed by atoms with van der Waals surface area (Å²) in [6.45, 7) is 1.28. The predicted molar refractivity (Wildman–Crippen MR) is 56.0 cm³/mol. The lowest BCUT2D eigenvalue weighted by molar-refractivity contribution is 0.373. The summed E-state index contributed by atoms with van der Waals surface area (Å²) in [5, 5.41) is 15.5. The summed E-state index contributed by atoms with van der Waals surface area (Å²) >= 11 is 0. The summed E-state index contributed by atoms with van der Waals surface area (Å²) in [4.78, 5) is 3.90. The number of rotatable bonds is 4. The monoisotopic (exact) mass is 214 g/mol. The Balaban J connectivity index is 1.88. The highest BCUT2D eigenvalue weighted by Crippen LogP contribution is 2.01. The van der Waals surface area contributed by atoms with Crippen molar-refractivity contribution in [3.8, 4) is 6.07 Å². The van der Waals surface area contributed by atoms with Crippen molar-refractivity contribution >= 4 is 0 Å². The van der Waals surface area contributed by atoms with Crippen LogP contribution in [0, 0.1) is 11.3 Å². The molecule has 2 rings (SSSR count). The average molecular weight is 214 g/mol. The zero-order chi connectivity index (χ0) is 11.2. The molecule has 80 valence electrons. The van der Waals surface area contributed by atoms with E-state index in [9.17, 15) is 0 Å². The molecule has 0 bridgehead atoms. The molecular weight excluding hydrogens is 204 g/mol. The molecule has 0 unspecified atom stereocenters. The molecule has 0 saturated carbocycles. The van der Waals surface area contributed by atoms with Gasteiger partial charge < -0.3 is 9.84 Å². The standard InChI is InChI=1S/C11H10N4O/c12-6-10-5-9(1-3-14-10)7-13-8-11-2-4-15-16-11/h1-5,13H,7-8H2. The maximum atomic E-state index is 8.68. The second kappa shape index (κ2) is 5.05. The van der Waals surface area contributed by atoms with Crippen molar-refractivity contribution in [3.63, 3.8) is 0 Å². The van der Waals surface area contributed by atoms with E-state index in [2.05, 4.69) is 15.5 Å². The van der Waals surface area contributed by atoms with Crippen LogP contribution in [-0.4, -0.2) is 10.1 Å². The van der Waals surface area contributed by atoms with Crippen molar-refractivity contribution in [2.45, 2.75) is 13.1 Å². The molecule has 0 aliphatic carbocycles. The van der Waals surface area contributed by atoms with Gasteiger partial charge >= 0.3 is 0 Å². The molecule has 0 fully saturated rings. The summed E-state index contributed by atoms with van der Waals surface area (Å²) in [7, 11) is 0. The molecule has 1 N–H and O–H groups in total. The first kappa shape index (κ1) is 10.3. The second-order valence-electron chi connectivity index (χ2n) is 3.24. The van der Waals surface area contributed by atoms with Crippen LogP contribution >= 0.6 is 0 Å². The number of aromatic nitrogens is 2. The molecule has 0 aromatic carbocycles. The zero-order valence-corrected chi connectivity index (χ0v) is 8.55. The van der Waals surface area contributed by atoms with Crippen molar-refractivity contribution in [3.05, 3.63) is 47.6 Å². The quantitative estimate of drug-likeness (QED) is 0.828. The third kappa shape index (κ3) is 2.65. The van der Waals surface area contributed by atoms with Crippen molar-refractivity contribution in [2.75, 3.05) is 0 Å². The van der Waals surface area contributed by atoms with Crippen LogP contribution in [0.4, 0.5) is 0 Å². The van der Waals surface area contributed by atoms with Crippen LogP contribution in [-0.2, 0) is 13.1 Å². The summed E-state index contributed by atoms with van der Waals surface area (Å²) in [6.07, 6.45) is 3.24. The van der Waals surface area contributed by atoms with Gasteiger partial charge in [-0.3, -0.25) is 0 Å². The summed E-state index contributed by atoms with van der Waals surface area (Å²) in [5.41, 5.74) is 1.45. The van der Waals surface area contributed by atoms with Crippen LogP contribution in [0.25, 0.3) is 0 Å². The maximum Gasteiger partial charge on any atom is 0.150 e. The Morgan fingerprint density at radius 3 is 3.00 bits per heavy atom. The molecular formula is C11H10N4O. The van der Waals surface area contributed by atoms with E-state index in [0.29, 0.717) is 18.8 Å². The summed E-state index contributed by atoms with van der Waals surface area (Å²) in [5.74, 6) is 0.787. The number of hydrogen-bond donors (Lipinski definition) is 1. The van der Waals surface area contributed by atoms with Gasteiger partial charge in [-0.1, -0.05) is 5.16 Å². The van der Waals surface area contributed by atoms with Crippen LogP contribution in [0.5, 0.6) is 0 Å². The SMILES string of the molecule is N#Cc1cc(CNCc2ccno2)ccn1. The molecule has 2 aromatic heterocycles. The Bertz CT molecular complexity index is 487. The fourth-order valence-corrected chi connectivity index (χ4v) is 1.31. The van der Waals surface area contributed by atoms with E-state index in [-0.39, 0.29) is 0 Å². The molecule has 0 aliphatic heterocycles. The van der Waals surface area contributed by atoms with Gasteiger partial charge in [0, 0.05) is 18.8 Å². The Hall–Kier alpha value is -2.19. The van der Waals surface area contributed by atoms with Gasteiger partial charge in [0.05, 0.1) is 12.7 Å². The van der Waals surface area contributed by atoms with Gasteiger partial charge in [0.15, 0.2) is 0 Å². The van der Waals surface area contributed by atoms with Crippen molar-refractivity contribution in [1.82, 2.24) is 15.5 Å². The topological polar surface area (TPSA) is 74.7 Å². The Labute approximate surface area is 92.7 Å². The number of nitrogens with one attached hydrogen (secondary N) is 1. The van der Waals surface area contributed by atoms with Gasteiger partial charge in [0.25, 0.3) is 0 Å². The van der Waals surface area contributed by atoms with Crippen LogP contribution in [0.2, 0.25) is 0 Å². The molecule has 0 saturated heterocycles. The van der Waals surface area contributed by atoms with Crippen molar-refractivity contribution in [1.29, 1.82) is 5.26 Å². The van der Waals surface area contributed by atoms with E-state index >= 15 is 0 Å². The Morgan fingerprint density at radius 1 is 1.31 bits per heavy atom. The molecule has 16 heavy (non-hydrogen) atoms. The van der Waals surface area contributed by atoms with Gasteiger partial charge in [0.1, 0.15) is 17.5 Å². The average Bonchev–Trinajstić information content (AvgIpc) is 2.82. The second-order valence-corrected chi connectivity index (χ2v) is 3.24. The predicted octanol–water partition coefficient (Wildman–Crippen LogP) is 1.23. The van der Waals surface area contributed by atoms with Crippen LogP contribution in [0.1, 0.15) is 17.0 Å². The third-order valence-corrected chi connectivity index (χ3v) is 2.06. The van der Waals surface area contributed by atoms with E-state index in [1.165, 1.54) is 0 Å². The first-order valence-corrected chi connectivity index (χ1v) is 4.84. The molecule has 5 heteroatoms. The number of hydrogen-bond acceptors (Lipinski definition) is 5. The molecule has 2 aromatic rings. The normalized spacial score (nSPS) is 9.94. The molecule has 2 heterocycles. The summed E-state index contributed by atoms with van der Waals surface area (Å²) in [6, 6.07) is 7.44. The first-order chi connectivity index (χ1) is 7.88. The Morgan fingerprint density at radius 2 is 2.25 bits per heavy atom. The van der Waals surface area contributed by atoms with E-state index in [1.807, 2.05) is 12.1 Å². The molecule has 0 aliphatic rings. The fraction of sp³-hybridized carbons (Fsp3) is 0.182. The number of nitrogens with zero attached hydrogens (tertiary/aromatic N) is 3. The molecule has 0 spiro atoms. The molecule has 0 radical (unpaired) electrons.